The summed E-state index contributed by atoms with van der Waals surface area (Å²) in [5.41, 5.74) is 2.20. The molecule has 100 valence electrons. The van der Waals surface area contributed by atoms with E-state index in [1.165, 1.54) is 10.2 Å². The summed E-state index contributed by atoms with van der Waals surface area (Å²) in [6.07, 6.45) is 1.76. The molecule has 0 aliphatic heterocycles. The van der Waals surface area contributed by atoms with Crippen molar-refractivity contribution in [2.75, 3.05) is 0 Å². The molecule has 5 heteroatoms. The van der Waals surface area contributed by atoms with E-state index in [1.54, 1.807) is 17.6 Å². The molecule has 0 bridgehead atoms. The van der Waals surface area contributed by atoms with Gasteiger partial charge in [0, 0.05) is 11.5 Å². The fourth-order valence-corrected chi connectivity index (χ4v) is 3.11. The fraction of sp³-hybridized carbons (Fsp3) is 0.0667. The second-order valence-corrected chi connectivity index (χ2v) is 6.23. The fourth-order valence-electron chi connectivity index (χ4n) is 1.87. The standard InChI is InChI=1S/C15H12BrN3S/c1-19-13-4-2-3-5-14(13)20-15(19)18-17-10-11-6-8-12(16)9-7-11/h2-10H,1H3. The minimum Gasteiger partial charge on any atom is -0.318 e. The maximum atomic E-state index is 4.30. The smallest absolute Gasteiger partial charge is 0.211 e. The predicted octanol–water partition coefficient (Wildman–Crippen LogP) is 3.94. The monoisotopic (exact) mass is 345 g/mol. The van der Waals surface area contributed by atoms with Gasteiger partial charge < -0.3 is 4.57 Å². The Balaban J connectivity index is 1.94. The molecule has 0 amide bonds. The van der Waals surface area contributed by atoms with Crippen LogP contribution >= 0.6 is 27.3 Å². The van der Waals surface area contributed by atoms with Crippen LogP contribution in [0.3, 0.4) is 0 Å². The Morgan fingerprint density at radius 2 is 1.85 bits per heavy atom. The summed E-state index contributed by atoms with van der Waals surface area (Å²) < 4.78 is 4.33. The van der Waals surface area contributed by atoms with Gasteiger partial charge in [-0.3, -0.25) is 0 Å². The van der Waals surface area contributed by atoms with E-state index in [1.807, 2.05) is 43.4 Å². The van der Waals surface area contributed by atoms with E-state index >= 15 is 0 Å². The van der Waals surface area contributed by atoms with E-state index in [-0.39, 0.29) is 0 Å². The normalized spacial score (nSPS) is 12.6. The number of benzene rings is 2. The van der Waals surface area contributed by atoms with Crippen molar-refractivity contribution < 1.29 is 0 Å². The zero-order valence-electron chi connectivity index (χ0n) is 10.8. The van der Waals surface area contributed by atoms with Crippen LogP contribution < -0.4 is 4.80 Å². The molecule has 1 aromatic heterocycles. The Morgan fingerprint density at radius 3 is 2.60 bits per heavy atom. The Bertz CT molecular complexity index is 828. The van der Waals surface area contributed by atoms with Crippen molar-refractivity contribution in [1.82, 2.24) is 4.57 Å². The first-order valence-corrected chi connectivity index (χ1v) is 7.72. The molecule has 2 aromatic carbocycles. The van der Waals surface area contributed by atoms with Crippen molar-refractivity contribution in [3.63, 3.8) is 0 Å². The lowest BCUT2D eigenvalue weighted by Crippen LogP contribution is -2.08. The van der Waals surface area contributed by atoms with Crippen LogP contribution in [0, 0.1) is 0 Å². The average Bonchev–Trinajstić information content (AvgIpc) is 2.78. The molecule has 0 radical (unpaired) electrons. The van der Waals surface area contributed by atoms with Crippen LogP contribution in [-0.2, 0) is 7.05 Å². The number of aryl methyl sites for hydroxylation is 1. The molecule has 0 aliphatic carbocycles. The van der Waals surface area contributed by atoms with E-state index < -0.39 is 0 Å². The highest BCUT2D eigenvalue weighted by Gasteiger charge is 2.00. The first kappa shape index (κ1) is 13.3. The van der Waals surface area contributed by atoms with E-state index in [9.17, 15) is 0 Å². The molecular formula is C15H12BrN3S. The number of aromatic nitrogens is 1. The number of nitrogens with zero attached hydrogens (tertiary/aromatic N) is 3. The van der Waals surface area contributed by atoms with E-state index in [0.29, 0.717) is 0 Å². The Morgan fingerprint density at radius 1 is 1.10 bits per heavy atom. The van der Waals surface area contributed by atoms with Gasteiger partial charge in [-0.05, 0) is 29.8 Å². The van der Waals surface area contributed by atoms with E-state index in [2.05, 4.69) is 42.8 Å². The lowest BCUT2D eigenvalue weighted by atomic mass is 10.2. The molecule has 0 atom stereocenters. The van der Waals surface area contributed by atoms with Crippen LogP contribution in [0.4, 0.5) is 0 Å². The molecule has 20 heavy (non-hydrogen) atoms. The molecule has 0 aliphatic rings. The summed E-state index contributed by atoms with van der Waals surface area (Å²) in [4.78, 5) is 0.888. The number of thiazole rings is 1. The van der Waals surface area contributed by atoms with Gasteiger partial charge in [0.15, 0.2) is 0 Å². The van der Waals surface area contributed by atoms with Crippen LogP contribution in [0.2, 0.25) is 0 Å². The molecule has 0 unspecified atom stereocenters. The molecular weight excluding hydrogens is 334 g/mol. The third-order valence-electron chi connectivity index (χ3n) is 2.93. The van der Waals surface area contributed by atoms with Crippen LogP contribution in [0.25, 0.3) is 10.2 Å². The molecule has 0 saturated carbocycles. The highest BCUT2D eigenvalue weighted by atomic mass is 79.9. The minimum absolute atomic E-state index is 0.888. The van der Waals surface area contributed by atoms with Gasteiger partial charge in [-0.15, -0.1) is 5.10 Å². The summed E-state index contributed by atoms with van der Waals surface area (Å²) in [5, 5.41) is 8.47. The van der Waals surface area contributed by atoms with Crippen molar-refractivity contribution in [1.29, 1.82) is 0 Å². The zero-order chi connectivity index (χ0) is 13.9. The van der Waals surface area contributed by atoms with Crippen molar-refractivity contribution >= 4 is 43.7 Å². The van der Waals surface area contributed by atoms with Gasteiger partial charge in [-0.25, -0.2) is 0 Å². The largest absolute Gasteiger partial charge is 0.318 e. The first-order chi connectivity index (χ1) is 9.74. The topological polar surface area (TPSA) is 29.6 Å². The second-order valence-electron chi connectivity index (χ2n) is 4.31. The van der Waals surface area contributed by atoms with Crippen molar-refractivity contribution in [2.24, 2.45) is 17.3 Å². The quantitative estimate of drug-likeness (QED) is 0.497. The molecule has 0 fully saturated rings. The highest BCUT2D eigenvalue weighted by Crippen LogP contribution is 2.15. The Labute approximate surface area is 129 Å². The van der Waals surface area contributed by atoms with Crippen molar-refractivity contribution in [2.45, 2.75) is 0 Å². The summed E-state index contributed by atoms with van der Waals surface area (Å²) in [5.74, 6) is 0. The molecule has 3 nitrogen and oxygen atoms in total. The SMILES string of the molecule is Cn1c(=NN=Cc2ccc(Br)cc2)sc2ccccc21. The van der Waals surface area contributed by atoms with Crippen molar-refractivity contribution in [3.8, 4) is 0 Å². The van der Waals surface area contributed by atoms with Gasteiger partial charge in [-0.1, -0.05) is 51.5 Å². The number of rotatable bonds is 2. The third kappa shape index (κ3) is 2.73. The summed E-state index contributed by atoms with van der Waals surface area (Å²) >= 11 is 5.05. The van der Waals surface area contributed by atoms with E-state index in [4.69, 9.17) is 0 Å². The predicted molar refractivity (Wildman–Crippen MR) is 88.1 cm³/mol. The lowest BCUT2D eigenvalue weighted by molar-refractivity contribution is 0.889. The number of hydrogen-bond acceptors (Lipinski definition) is 3. The van der Waals surface area contributed by atoms with Gasteiger partial charge in [0.05, 0.1) is 16.4 Å². The average molecular weight is 346 g/mol. The molecule has 3 rings (SSSR count). The minimum atomic E-state index is 0.888. The van der Waals surface area contributed by atoms with Gasteiger partial charge in [0.2, 0.25) is 4.80 Å². The highest BCUT2D eigenvalue weighted by molar-refractivity contribution is 9.10. The molecule has 0 spiro atoms. The number of hydrogen-bond donors (Lipinski definition) is 0. The molecule has 0 saturated heterocycles. The lowest BCUT2D eigenvalue weighted by Gasteiger charge is -1.93. The zero-order valence-corrected chi connectivity index (χ0v) is 13.2. The molecule has 1 heterocycles. The summed E-state index contributed by atoms with van der Waals surface area (Å²) in [7, 11) is 2.01. The number of fused-ring (bicyclic) bond motifs is 1. The van der Waals surface area contributed by atoms with Crippen molar-refractivity contribution in [3.05, 3.63) is 63.4 Å². The van der Waals surface area contributed by atoms with E-state index in [0.717, 1.165) is 14.8 Å². The first-order valence-electron chi connectivity index (χ1n) is 6.11. The molecule has 0 N–H and O–H groups in total. The van der Waals surface area contributed by atoms with Crippen LogP contribution in [0.1, 0.15) is 5.56 Å². The van der Waals surface area contributed by atoms with Gasteiger partial charge in [0.25, 0.3) is 0 Å². The third-order valence-corrected chi connectivity index (χ3v) is 4.57. The number of para-hydroxylation sites is 1. The number of halogens is 1. The maximum absolute atomic E-state index is 4.30. The maximum Gasteiger partial charge on any atom is 0.211 e. The second kappa shape index (κ2) is 5.73. The van der Waals surface area contributed by atoms with Gasteiger partial charge in [-0.2, -0.15) is 5.10 Å². The van der Waals surface area contributed by atoms with Crippen LogP contribution in [0.15, 0.2) is 63.2 Å². The van der Waals surface area contributed by atoms with Crippen LogP contribution in [-0.4, -0.2) is 10.8 Å². The molecule has 3 aromatic rings. The Kier molecular flexibility index (Phi) is 3.80. The summed E-state index contributed by atoms with van der Waals surface area (Å²) in [6.45, 7) is 0. The van der Waals surface area contributed by atoms with Crippen LogP contribution in [0.5, 0.6) is 0 Å². The van der Waals surface area contributed by atoms with Gasteiger partial charge >= 0.3 is 0 Å². The Hall–Kier alpha value is -1.72. The van der Waals surface area contributed by atoms with Gasteiger partial charge in [0.1, 0.15) is 0 Å². The summed E-state index contributed by atoms with van der Waals surface area (Å²) in [6, 6.07) is 16.2.